The van der Waals surface area contributed by atoms with Gasteiger partial charge < -0.3 is 19.9 Å². The maximum absolute atomic E-state index is 12.3. The second kappa shape index (κ2) is 5.44. The Hall–Kier alpha value is -1.49. The van der Waals surface area contributed by atoms with Crippen LogP contribution in [0.3, 0.4) is 0 Å². The van der Waals surface area contributed by atoms with Gasteiger partial charge in [0.15, 0.2) is 0 Å². The number of rotatable bonds is 3. The number of methoxy groups -OCH3 is 1. The van der Waals surface area contributed by atoms with E-state index in [1.165, 1.54) is 0 Å². The molecule has 1 aliphatic heterocycles. The summed E-state index contributed by atoms with van der Waals surface area (Å²) in [4.78, 5) is 14.2. The largest absolute Gasteiger partial charge is 0.397 e. The molecular weight excluding hydrogens is 230 g/mol. The Balaban J connectivity index is 1.97. The Morgan fingerprint density at radius 2 is 2.17 bits per heavy atom. The van der Waals surface area contributed by atoms with Crippen LogP contribution in [0.25, 0.3) is 0 Å². The van der Waals surface area contributed by atoms with Crippen LogP contribution < -0.4 is 5.73 Å². The Bertz CT molecular complexity index is 420. The highest BCUT2D eigenvalue weighted by atomic mass is 16.5. The Morgan fingerprint density at radius 3 is 2.67 bits per heavy atom. The molecule has 1 fully saturated rings. The molecule has 0 spiro atoms. The number of ether oxygens (including phenoxy) is 1. The van der Waals surface area contributed by atoms with Gasteiger partial charge in [0.25, 0.3) is 5.91 Å². The monoisotopic (exact) mass is 251 g/mol. The number of amides is 1. The van der Waals surface area contributed by atoms with Gasteiger partial charge in [0.05, 0.1) is 5.69 Å². The Labute approximate surface area is 108 Å². The number of carbonyl (C=O) groups excluding carboxylic acids is 1. The standard InChI is InChI=1S/C13H21N3O2/c1-15-8-11(14)7-12(15)13(17)16-5-3-10(4-6-16)9-18-2/h7-8,10H,3-6,9,14H2,1-2H3. The van der Waals surface area contributed by atoms with E-state index in [2.05, 4.69) is 0 Å². The molecule has 0 bridgehead atoms. The smallest absolute Gasteiger partial charge is 0.270 e. The number of carbonyl (C=O) groups is 1. The van der Waals surface area contributed by atoms with Crippen LogP contribution in [-0.2, 0) is 11.8 Å². The average molecular weight is 251 g/mol. The summed E-state index contributed by atoms with van der Waals surface area (Å²) in [6, 6.07) is 1.74. The molecule has 1 aromatic rings. The van der Waals surface area contributed by atoms with Crippen molar-refractivity contribution in [2.45, 2.75) is 12.8 Å². The highest BCUT2D eigenvalue weighted by Gasteiger charge is 2.24. The molecule has 100 valence electrons. The lowest BCUT2D eigenvalue weighted by Crippen LogP contribution is -2.40. The zero-order chi connectivity index (χ0) is 13.1. The molecule has 1 aromatic heterocycles. The fraction of sp³-hybridized carbons (Fsp3) is 0.615. The molecule has 1 aliphatic rings. The minimum atomic E-state index is 0.0741. The van der Waals surface area contributed by atoms with Crippen LogP contribution in [0.2, 0.25) is 0 Å². The SMILES string of the molecule is COCC1CCN(C(=O)c2cc(N)cn2C)CC1. The number of hydrogen-bond donors (Lipinski definition) is 1. The van der Waals surface area contributed by atoms with E-state index in [1.54, 1.807) is 23.9 Å². The van der Waals surface area contributed by atoms with E-state index in [-0.39, 0.29) is 5.91 Å². The van der Waals surface area contributed by atoms with Crippen LogP contribution in [0, 0.1) is 5.92 Å². The van der Waals surface area contributed by atoms with Gasteiger partial charge in [-0.3, -0.25) is 4.79 Å². The van der Waals surface area contributed by atoms with Gasteiger partial charge in [-0.05, 0) is 24.8 Å². The lowest BCUT2D eigenvalue weighted by Gasteiger charge is -2.31. The van der Waals surface area contributed by atoms with Crippen molar-refractivity contribution in [3.05, 3.63) is 18.0 Å². The number of aromatic nitrogens is 1. The first-order valence-electron chi connectivity index (χ1n) is 6.32. The summed E-state index contributed by atoms with van der Waals surface area (Å²) in [5, 5.41) is 0. The van der Waals surface area contributed by atoms with Crippen LogP contribution >= 0.6 is 0 Å². The molecule has 0 aromatic carbocycles. The van der Waals surface area contributed by atoms with Crippen LogP contribution in [0.1, 0.15) is 23.3 Å². The molecule has 1 saturated heterocycles. The van der Waals surface area contributed by atoms with Crippen LogP contribution in [0.5, 0.6) is 0 Å². The van der Waals surface area contributed by atoms with Crippen molar-refractivity contribution in [2.24, 2.45) is 13.0 Å². The molecule has 1 amide bonds. The first-order chi connectivity index (χ1) is 8.61. The number of likely N-dealkylation sites (tertiary alicyclic amines) is 1. The topological polar surface area (TPSA) is 60.5 Å². The fourth-order valence-corrected chi connectivity index (χ4v) is 2.50. The number of nitrogen functional groups attached to an aromatic ring is 1. The third-order valence-electron chi connectivity index (χ3n) is 3.55. The first-order valence-corrected chi connectivity index (χ1v) is 6.32. The number of anilines is 1. The summed E-state index contributed by atoms with van der Waals surface area (Å²) in [6.45, 7) is 2.40. The summed E-state index contributed by atoms with van der Waals surface area (Å²) < 4.78 is 6.95. The van der Waals surface area contributed by atoms with E-state index in [0.717, 1.165) is 32.5 Å². The van der Waals surface area contributed by atoms with Crippen molar-refractivity contribution < 1.29 is 9.53 Å². The molecule has 0 atom stereocenters. The summed E-state index contributed by atoms with van der Waals surface area (Å²) in [6.07, 6.45) is 3.80. The van der Waals surface area contributed by atoms with Crippen molar-refractivity contribution >= 4 is 11.6 Å². The second-order valence-corrected chi connectivity index (χ2v) is 4.96. The van der Waals surface area contributed by atoms with Crippen molar-refractivity contribution in [3.8, 4) is 0 Å². The lowest BCUT2D eigenvalue weighted by molar-refractivity contribution is 0.0605. The van der Waals surface area contributed by atoms with Crippen molar-refractivity contribution in [2.75, 3.05) is 32.5 Å². The highest BCUT2D eigenvalue weighted by molar-refractivity contribution is 5.93. The average Bonchev–Trinajstić information content (AvgIpc) is 2.69. The Kier molecular flexibility index (Phi) is 3.91. The summed E-state index contributed by atoms with van der Waals surface area (Å²) in [5.41, 5.74) is 7.00. The molecule has 18 heavy (non-hydrogen) atoms. The van der Waals surface area contributed by atoms with Crippen molar-refractivity contribution in [1.29, 1.82) is 0 Å². The predicted octanol–water partition coefficient (Wildman–Crippen LogP) is 1.11. The van der Waals surface area contributed by atoms with Gasteiger partial charge in [-0.2, -0.15) is 0 Å². The number of piperidine rings is 1. The zero-order valence-electron chi connectivity index (χ0n) is 11.1. The third-order valence-corrected chi connectivity index (χ3v) is 3.55. The van der Waals surface area contributed by atoms with E-state index in [4.69, 9.17) is 10.5 Å². The van der Waals surface area contributed by atoms with E-state index in [9.17, 15) is 4.79 Å². The number of hydrogen-bond acceptors (Lipinski definition) is 3. The number of nitrogens with zero attached hydrogens (tertiary/aromatic N) is 2. The van der Waals surface area contributed by atoms with Crippen molar-refractivity contribution in [3.63, 3.8) is 0 Å². The van der Waals surface area contributed by atoms with Crippen LogP contribution in [0.15, 0.2) is 12.3 Å². The predicted molar refractivity (Wildman–Crippen MR) is 70.3 cm³/mol. The van der Waals surface area contributed by atoms with Gasteiger partial charge in [-0.15, -0.1) is 0 Å². The Morgan fingerprint density at radius 1 is 1.50 bits per heavy atom. The van der Waals surface area contributed by atoms with Gasteiger partial charge in [0, 0.05) is 40.1 Å². The van der Waals surface area contributed by atoms with Gasteiger partial charge in [-0.1, -0.05) is 0 Å². The molecule has 0 radical (unpaired) electrons. The quantitative estimate of drug-likeness (QED) is 0.875. The summed E-state index contributed by atoms with van der Waals surface area (Å²) in [5.74, 6) is 0.655. The van der Waals surface area contributed by atoms with Gasteiger partial charge >= 0.3 is 0 Å². The van der Waals surface area contributed by atoms with Gasteiger partial charge in [0.2, 0.25) is 0 Å². The molecule has 5 heteroatoms. The number of aryl methyl sites for hydroxylation is 1. The summed E-state index contributed by atoms with van der Waals surface area (Å²) in [7, 11) is 3.57. The highest BCUT2D eigenvalue weighted by Crippen LogP contribution is 2.20. The maximum Gasteiger partial charge on any atom is 0.270 e. The van der Waals surface area contributed by atoms with E-state index >= 15 is 0 Å². The number of nitrogens with two attached hydrogens (primary N) is 1. The van der Waals surface area contributed by atoms with Crippen LogP contribution in [-0.4, -0.2) is 42.2 Å². The normalized spacial score (nSPS) is 17.1. The molecule has 5 nitrogen and oxygen atoms in total. The second-order valence-electron chi connectivity index (χ2n) is 4.96. The molecular formula is C13H21N3O2. The zero-order valence-corrected chi connectivity index (χ0v) is 11.1. The van der Waals surface area contributed by atoms with E-state index in [1.807, 2.05) is 11.9 Å². The molecule has 0 unspecified atom stereocenters. The van der Waals surface area contributed by atoms with Crippen molar-refractivity contribution in [1.82, 2.24) is 9.47 Å². The minimum absolute atomic E-state index is 0.0741. The van der Waals surface area contributed by atoms with Gasteiger partial charge in [0.1, 0.15) is 5.69 Å². The summed E-state index contributed by atoms with van der Waals surface area (Å²) >= 11 is 0. The maximum atomic E-state index is 12.3. The first kappa shape index (κ1) is 13.0. The van der Waals surface area contributed by atoms with Crippen LogP contribution in [0.4, 0.5) is 5.69 Å². The fourth-order valence-electron chi connectivity index (χ4n) is 2.50. The third kappa shape index (κ3) is 2.67. The molecule has 2 heterocycles. The molecule has 0 aliphatic carbocycles. The van der Waals surface area contributed by atoms with E-state index < -0.39 is 0 Å². The lowest BCUT2D eigenvalue weighted by atomic mass is 9.97. The van der Waals surface area contributed by atoms with E-state index in [0.29, 0.717) is 17.3 Å². The van der Waals surface area contributed by atoms with Gasteiger partial charge in [-0.25, -0.2) is 0 Å². The minimum Gasteiger partial charge on any atom is -0.397 e. The molecule has 2 rings (SSSR count). The molecule has 2 N–H and O–H groups in total. The molecule has 0 saturated carbocycles.